The minimum absolute atomic E-state index is 0.0704. The van der Waals surface area contributed by atoms with Gasteiger partial charge in [0.15, 0.2) is 0 Å². The molecule has 7 nitrogen and oxygen atoms in total. The Kier molecular flexibility index (Phi) is 5.12. The topological polar surface area (TPSA) is 87.4 Å². The van der Waals surface area contributed by atoms with Crippen LogP contribution in [0.25, 0.3) is 0 Å². The maximum atomic E-state index is 12.7. The second kappa shape index (κ2) is 7.72. The third-order valence-electron chi connectivity index (χ3n) is 6.00. The van der Waals surface area contributed by atoms with Gasteiger partial charge in [-0.2, -0.15) is 5.26 Å². The number of likely N-dealkylation sites (tertiary alicyclic amines) is 1. The number of rotatable bonds is 5. The number of hydrogen-bond acceptors (Lipinski definition) is 4. The van der Waals surface area contributed by atoms with Gasteiger partial charge in [-0.15, -0.1) is 0 Å². The number of aryl methyl sites for hydroxylation is 1. The van der Waals surface area contributed by atoms with Gasteiger partial charge in [0.25, 0.3) is 11.8 Å². The number of nitrogens with one attached hydrogen (secondary N) is 1. The molecule has 2 aromatic rings. The largest absolute Gasteiger partial charge is 0.371 e. The van der Waals surface area contributed by atoms with Crippen molar-refractivity contribution in [2.24, 2.45) is 13.0 Å². The van der Waals surface area contributed by atoms with Gasteiger partial charge in [-0.25, -0.2) is 0 Å². The second-order valence-electron chi connectivity index (χ2n) is 7.80. The fourth-order valence-corrected chi connectivity index (χ4v) is 4.34. The first-order chi connectivity index (χ1) is 14.0. The first kappa shape index (κ1) is 19.2. The Bertz CT molecular complexity index is 968. The van der Waals surface area contributed by atoms with Gasteiger partial charge in [-0.1, -0.05) is 6.07 Å². The Morgan fingerprint density at radius 2 is 2.14 bits per heavy atom. The van der Waals surface area contributed by atoms with E-state index in [-0.39, 0.29) is 17.4 Å². The zero-order valence-electron chi connectivity index (χ0n) is 16.4. The number of benzene rings is 1. The van der Waals surface area contributed by atoms with Gasteiger partial charge in [0.1, 0.15) is 11.3 Å². The van der Waals surface area contributed by atoms with E-state index in [4.69, 9.17) is 10.00 Å². The van der Waals surface area contributed by atoms with Gasteiger partial charge >= 0.3 is 0 Å². The molecule has 1 aromatic heterocycles. The molecule has 7 heteroatoms. The first-order valence-electron chi connectivity index (χ1n) is 9.85. The molecular formula is C22H24N4O3. The van der Waals surface area contributed by atoms with Crippen molar-refractivity contribution in [1.82, 2.24) is 14.8 Å². The minimum atomic E-state index is -0.307. The van der Waals surface area contributed by atoms with Crippen molar-refractivity contribution in [3.8, 4) is 6.07 Å². The zero-order valence-corrected chi connectivity index (χ0v) is 16.4. The maximum absolute atomic E-state index is 12.7. The molecule has 1 aromatic carbocycles. The van der Waals surface area contributed by atoms with Gasteiger partial charge in [0, 0.05) is 32.0 Å². The quantitative estimate of drug-likeness (QED) is 0.843. The highest BCUT2D eigenvalue weighted by Gasteiger charge is 2.54. The average molecular weight is 392 g/mol. The molecule has 0 bridgehead atoms. The standard InChI is InChI=1S/C22H24N4O3/c1-25-10-3-6-19(25)20(27)24-9-7-18-8-11-29-22(18)14-26(15-22)21(28)17-5-2-4-16(12-17)13-23/h2-6,10,12,18H,7-9,11,14-15H2,1H3,(H,24,27)/t18-/m0/s1. The fourth-order valence-electron chi connectivity index (χ4n) is 4.34. The molecule has 29 heavy (non-hydrogen) atoms. The van der Waals surface area contributed by atoms with Crippen LogP contribution in [-0.2, 0) is 11.8 Å². The van der Waals surface area contributed by atoms with E-state index in [1.54, 1.807) is 39.8 Å². The number of aromatic nitrogens is 1. The Morgan fingerprint density at radius 3 is 2.86 bits per heavy atom. The van der Waals surface area contributed by atoms with Crippen LogP contribution in [0.2, 0.25) is 0 Å². The van der Waals surface area contributed by atoms with Crippen LogP contribution in [-0.4, -0.2) is 53.1 Å². The summed E-state index contributed by atoms with van der Waals surface area (Å²) in [5.41, 5.74) is 1.35. The number of nitrogens with zero attached hydrogens (tertiary/aromatic N) is 3. The molecule has 0 radical (unpaired) electrons. The summed E-state index contributed by atoms with van der Waals surface area (Å²) in [6, 6.07) is 12.5. The van der Waals surface area contributed by atoms with E-state index >= 15 is 0 Å². The van der Waals surface area contributed by atoms with Crippen LogP contribution in [0, 0.1) is 17.2 Å². The van der Waals surface area contributed by atoms with Crippen molar-refractivity contribution in [3.05, 3.63) is 59.4 Å². The first-order valence-corrected chi connectivity index (χ1v) is 9.85. The Morgan fingerprint density at radius 1 is 1.31 bits per heavy atom. The molecule has 2 saturated heterocycles. The predicted molar refractivity (Wildman–Crippen MR) is 106 cm³/mol. The summed E-state index contributed by atoms with van der Waals surface area (Å²) < 4.78 is 7.83. The van der Waals surface area contributed by atoms with E-state index in [0.29, 0.717) is 49.0 Å². The molecule has 1 spiro atoms. The van der Waals surface area contributed by atoms with Gasteiger partial charge in [-0.05, 0) is 49.1 Å². The van der Waals surface area contributed by atoms with Crippen LogP contribution in [0.5, 0.6) is 0 Å². The van der Waals surface area contributed by atoms with Crippen LogP contribution in [0.3, 0.4) is 0 Å². The summed E-state index contributed by atoms with van der Waals surface area (Å²) in [6.07, 6.45) is 3.61. The van der Waals surface area contributed by atoms with Crippen molar-refractivity contribution in [2.75, 3.05) is 26.2 Å². The molecule has 0 unspecified atom stereocenters. The average Bonchev–Trinajstić information content (AvgIpc) is 3.32. The lowest BCUT2D eigenvalue weighted by Gasteiger charge is -2.50. The molecule has 3 heterocycles. The van der Waals surface area contributed by atoms with Gasteiger partial charge in [-0.3, -0.25) is 9.59 Å². The van der Waals surface area contributed by atoms with Crippen LogP contribution in [0.1, 0.15) is 39.3 Å². The summed E-state index contributed by atoms with van der Waals surface area (Å²) in [4.78, 5) is 26.7. The van der Waals surface area contributed by atoms with Crippen LogP contribution in [0.4, 0.5) is 0 Å². The van der Waals surface area contributed by atoms with Gasteiger partial charge in [0.2, 0.25) is 0 Å². The SMILES string of the molecule is Cn1cccc1C(=O)NCC[C@H]1CCOC12CN(C(=O)c1cccc(C#N)c1)C2. The number of nitriles is 1. The molecule has 2 aliphatic heterocycles. The molecule has 2 amide bonds. The van der Waals surface area contributed by atoms with Crippen LogP contribution >= 0.6 is 0 Å². The molecule has 0 saturated carbocycles. The Labute approximate surface area is 169 Å². The summed E-state index contributed by atoms with van der Waals surface area (Å²) in [7, 11) is 1.85. The molecule has 4 rings (SSSR count). The van der Waals surface area contributed by atoms with Crippen LogP contribution in [0.15, 0.2) is 42.6 Å². The number of carbonyl (C=O) groups is 2. The second-order valence-corrected chi connectivity index (χ2v) is 7.80. The maximum Gasteiger partial charge on any atom is 0.267 e. The Balaban J connectivity index is 1.31. The van der Waals surface area contributed by atoms with E-state index in [1.807, 2.05) is 19.3 Å². The summed E-state index contributed by atoms with van der Waals surface area (Å²) >= 11 is 0. The smallest absolute Gasteiger partial charge is 0.267 e. The fraction of sp³-hybridized carbons (Fsp3) is 0.409. The predicted octanol–water partition coefficient (Wildman–Crippen LogP) is 1.95. The molecule has 1 N–H and O–H groups in total. The molecular weight excluding hydrogens is 368 g/mol. The highest BCUT2D eigenvalue weighted by molar-refractivity contribution is 5.95. The lowest BCUT2D eigenvalue weighted by Crippen LogP contribution is -2.66. The molecule has 1 atom stereocenters. The molecule has 150 valence electrons. The van der Waals surface area contributed by atoms with Gasteiger partial charge in [0.05, 0.1) is 24.7 Å². The lowest BCUT2D eigenvalue weighted by molar-refractivity contribution is -0.117. The third kappa shape index (κ3) is 3.64. The number of amides is 2. The van der Waals surface area contributed by atoms with Crippen LogP contribution < -0.4 is 5.32 Å². The number of hydrogen-bond donors (Lipinski definition) is 1. The van der Waals surface area contributed by atoms with Gasteiger partial charge < -0.3 is 19.5 Å². The van der Waals surface area contributed by atoms with E-state index in [9.17, 15) is 9.59 Å². The van der Waals surface area contributed by atoms with E-state index in [1.165, 1.54) is 0 Å². The van der Waals surface area contributed by atoms with E-state index in [0.717, 1.165) is 12.8 Å². The third-order valence-corrected chi connectivity index (χ3v) is 6.00. The molecule has 0 aliphatic carbocycles. The summed E-state index contributed by atoms with van der Waals surface area (Å²) in [5.74, 6) is 0.165. The highest BCUT2D eigenvalue weighted by Crippen LogP contribution is 2.42. The van der Waals surface area contributed by atoms with Crippen molar-refractivity contribution in [3.63, 3.8) is 0 Å². The molecule has 2 aliphatic rings. The number of carbonyl (C=O) groups excluding carboxylic acids is 2. The minimum Gasteiger partial charge on any atom is -0.371 e. The Hall–Kier alpha value is -3.11. The zero-order chi connectivity index (χ0) is 20.4. The number of ether oxygens (including phenoxy) is 1. The normalized spacial score (nSPS) is 19.6. The van der Waals surface area contributed by atoms with E-state index < -0.39 is 0 Å². The van der Waals surface area contributed by atoms with Crippen molar-refractivity contribution in [2.45, 2.75) is 18.4 Å². The summed E-state index contributed by atoms with van der Waals surface area (Å²) in [5, 5.41) is 12.0. The summed E-state index contributed by atoms with van der Waals surface area (Å²) in [6.45, 7) is 2.37. The lowest BCUT2D eigenvalue weighted by atomic mass is 9.78. The van der Waals surface area contributed by atoms with Crippen molar-refractivity contribution in [1.29, 1.82) is 5.26 Å². The molecule has 2 fully saturated rings. The van der Waals surface area contributed by atoms with Crippen molar-refractivity contribution < 1.29 is 14.3 Å². The van der Waals surface area contributed by atoms with Crippen molar-refractivity contribution >= 4 is 11.8 Å². The highest BCUT2D eigenvalue weighted by atomic mass is 16.5. The van der Waals surface area contributed by atoms with E-state index in [2.05, 4.69) is 11.4 Å². The monoisotopic (exact) mass is 392 g/mol.